The molecule has 0 saturated carbocycles. The molecule has 0 radical (unpaired) electrons. The molecule has 0 saturated heterocycles. The summed E-state index contributed by atoms with van der Waals surface area (Å²) >= 11 is 6.01. The van der Waals surface area contributed by atoms with Crippen LogP contribution in [0.2, 0.25) is 5.02 Å². The molecule has 2 heterocycles. The molecule has 0 unspecified atom stereocenters. The number of aryl methyl sites for hydroxylation is 1. The summed E-state index contributed by atoms with van der Waals surface area (Å²) in [4.78, 5) is 12.2. The van der Waals surface area contributed by atoms with E-state index in [1.54, 1.807) is 12.1 Å². The van der Waals surface area contributed by atoms with E-state index in [0.29, 0.717) is 18.0 Å². The maximum absolute atomic E-state index is 12.2. The Balaban J connectivity index is 2.22. The van der Waals surface area contributed by atoms with Gasteiger partial charge in [0.1, 0.15) is 5.65 Å². The monoisotopic (exact) mass is 302 g/mol. The Kier molecular flexibility index (Phi) is 3.53. The van der Waals surface area contributed by atoms with Gasteiger partial charge in [0.25, 0.3) is 5.56 Å². The molecule has 0 amide bonds. The summed E-state index contributed by atoms with van der Waals surface area (Å²) in [5.41, 5.74) is 8.66. The third-order valence-corrected chi connectivity index (χ3v) is 3.72. The van der Waals surface area contributed by atoms with Gasteiger partial charge in [-0.3, -0.25) is 4.79 Å². The molecule has 0 bridgehead atoms. The predicted octanol–water partition coefficient (Wildman–Crippen LogP) is 1.85. The van der Waals surface area contributed by atoms with Crippen LogP contribution in [0, 0.1) is 0 Å². The molecule has 0 aliphatic rings. The molecule has 0 atom stereocenters. The first-order chi connectivity index (χ1) is 10.1. The van der Waals surface area contributed by atoms with Gasteiger partial charge in [-0.1, -0.05) is 23.7 Å². The van der Waals surface area contributed by atoms with Crippen molar-refractivity contribution in [1.29, 1.82) is 0 Å². The van der Waals surface area contributed by atoms with Gasteiger partial charge in [-0.05, 0) is 18.7 Å². The van der Waals surface area contributed by atoms with Crippen molar-refractivity contribution in [3.8, 4) is 11.3 Å². The zero-order valence-electron chi connectivity index (χ0n) is 11.6. The van der Waals surface area contributed by atoms with E-state index in [1.807, 2.05) is 35.9 Å². The molecule has 0 aliphatic heterocycles. The predicted molar refractivity (Wildman–Crippen MR) is 83.6 cm³/mol. The van der Waals surface area contributed by atoms with Crippen LogP contribution in [0.5, 0.6) is 0 Å². The number of aromatic nitrogens is 3. The van der Waals surface area contributed by atoms with Gasteiger partial charge in [0, 0.05) is 41.9 Å². The molecule has 108 valence electrons. The van der Waals surface area contributed by atoms with Gasteiger partial charge in [0.05, 0.1) is 5.69 Å². The Hall–Kier alpha value is -2.11. The van der Waals surface area contributed by atoms with Crippen molar-refractivity contribution in [2.24, 2.45) is 12.8 Å². The molecule has 1 aromatic carbocycles. The van der Waals surface area contributed by atoms with Crippen LogP contribution in [0.25, 0.3) is 16.9 Å². The minimum atomic E-state index is -0.153. The third-order valence-electron chi connectivity index (χ3n) is 3.48. The highest BCUT2D eigenvalue weighted by Gasteiger charge is 2.11. The van der Waals surface area contributed by atoms with Crippen LogP contribution in [0.15, 0.2) is 41.2 Å². The number of hydrogen-bond acceptors (Lipinski definition) is 3. The number of benzene rings is 1. The molecule has 2 N–H and O–H groups in total. The molecule has 3 aromatic rings. The Morgan fingerprint density at radius 3 is 2.81 bits per heavy atom. The molecule has 0 fully saturated rings. The van der Waals surface area contributed by atoms with Crippen LogP contribution in [0.3, 0.4) is 0 Å². The average molecular weight is 303 g/mol. The third kappa shape index (κ3) is 2.46. The summed E-state index contributed by atoms with van der Waals surface area (Å²) < 4.78 is 3.34. The van der Waals surface area contributed by atoms with Gasteiger partial charge in [0.2, 0.25) is 0 Å². The standard InChI is InChI=1S/C15H15ClN4O/c1-19-12(5-6-17)8-15(21)20-14(19)9-13(18-20)10-3-2-4-11(16)7-10/h2-4,7-9H,5-6,17H2,1H3. The smallest absolute Gasteiger partial charge is 0.274 e. The lowest BCUT2D eigenvalue weighted by Gasteiger charge is -2.08. The van der Waals surface area contributed by atoms with Crippen LogP contribution in [0.4, 0.5) is 0 Å². The summed E-state index contributed by atoms with van der Waals surface area (Å²) in [7, 11) is 1.91. The second kappa shape index (κ2) is 5.35. The first-order valence-corrected chi connectivity index (χ1v) is 7.02. The van der Waals surface area contributed by atoms with Gasteiger partial charge in [-0.2, -0.15) is 9.61 Å². The lowest BCUT2D eigenvalue weighted by atomic mass is 10.1. The van der Waals surface area contributed by atoms with Gasteiger partial charge in [-0.25, -0.2) is 0 Å². The highest BCUT2D eigenvalue weighted by molar-refractivity contribution is 6.30. The first kappa shape index (κ1) is 13.9. The molecular weight excluding hydrogens is 288 g/mol. The fraction of sp³-hybridized carbons (Fsp3) is 0.200. The number of nitrogens with two attached hydrogens (primary N) is 1. The SMILES string of the molecule is Cn1c(CCN)cc(=O)n2nc(-c3cccc(Cl)c3)cc12. The molecule has 5 nitrogen and oxygen atoms in total. The van der Waals surface area contributed by atoms with E-state index in [2.05, 4.69) is 5.10 Å². The van der Waals surface area contributed by atoms with Crippen molar-refractivity contribution in [2.75, 3.05) is 6.54 Å². The van der Waals surface area contributed by atoms with Gasteiger partial charge in [0.15, 0.2) is 0 Å². The van der Waals surface area contributed by atoms with Crippen molar-refractivity contribution in [2.45, 2.75) is 6.42 Å². The largest absolute Gasteiger partial charge is 0.333 e. The summed E-state index contributed by atoms with van der Waals surface area (Å²) in [5.74, 6) is 0. The zero-order chi connectivity index (χ0) is 15.0. The van der Waals surface area contributed by atoms with E-state index in [0.717, 1.165) is 22.6 Å². The maximum atomic E-state index is 12.2. The highest BCUT2D eigenvalue weighted by atomic mass is 35.5. The average Bonchev–Trinajstić information content (AvgIpc) is 2.91. The molecule has 21 heavy (non-hydrogen) atoms. The molecule has 3 rings (SSSR count). The zero-order valence-corrected chi connectivity index (χ0v) is 12.3. The Morgan fingerprint density at radius 1 is 1.29 bits per heavy atom. The normalized spacial score (nSPS) is 11.2. The molecule has 0 aliphatic carbocycles. The van der Waals surface area contributed by atoms with E-state index in [1.165, 1.54) is 4.52 Å². The number of rotatable bonds is 3. The maximum Gasteiger partial charge on any atom is 0.274 e. The van der Waals surface area contributed by atoms with E-state index in [9.17, 15) is 4.79 Å². The fourth-order valence-corrected chi connectivity index (χ4v) is 2.59. The van der Waals surface area contributed by atoms with Crippen LogP contribution < -0.4 is 11.3 Å². The van der Waals surface area contributed by atoms with Gasteiger partial charge >= 0.3 is 0 Å². The van der Waals surface area contributed by atoms with E-state index >= 15 is 0 Å². The lowest BCUT2D eigenvalue weighted by Crippen LogP contribution is -2.21. The molecular formula is C15H15ClN4O. The second-order valence-corrected chi connectivity index (χ2v) is 5.32. The van der Waals surface area contributed by atoms with Crippen LogP contribution in [-0.4, -0.2) is 20.7 Å². The molecule has 2 aromatic heterocycles. The topological polar surface area (TPSA) is 65.3 Å². The van der Waals surface area contributed by atoms with Crippen molar-refractivity contribution < 1.29 is 0 Å². The number of hydrogen-bond donors (Lipinski definition) is 1. The summed E-state index contributed by atoms with van der Waals surface area (Å²) in [6.07, 6.45) is 0.653. The lowest BCUT2D eigenvalue weighted by molar-refractivity contribution is 0.757. The summed E-state index contributed by atoms with van der Waals surface area (Å²) in [6, 6.07) is 10.9. The first-order valence-electron chi connectivity index (χ1n) is 6.65. The molecule has 0 spiro atoms. The van der Waals surface area contributed by atoms with Crippen LogP contribution in [0.1, 0.15) is 5.69 Å². The number of fused-ring (bicyclic) bond motifs is 1. The van der Waals surface area contributed by atoms with Crippen LogP contribution >= 0.6 is 11.6 Å². The van der Waals surface area contributed by atoms with E-state index in [4.69, 9.17) is 17.3 Å². The quantitative estimate of drug-likeness (QED) is 0.803. The van der Waals surface area contributed by atoms with Crippen molar-refractivity contribution in [3.63, 3.8) is 0 Å². The van der Waals surface area contributed by atoms with E-state index in [-0.39, 0.29) is 5.56 Å². The Morgan fingerprint density at radius 2 is 2.10 bits per heavy atom. The van der Waals surface area contributed by atoms with Crippen molar-refractivity contribution in [1.82, 2.24) is 14.2 Å². The summed E-state index contributed by atoms with van der Waals surface area (Å²) in [6.45, 7) is 0.499. The van der Waals surface area contributed by atoms with Crippen LogP contribution in [-0.2, 0) is 13.5 Å². The van der Waals surface area contributed by atoms with Crippen molar-refractivity contribution in [3.05, 3.63) is 57.5 Å². The number of nitrogens with zero attached hydrogens (tertiary/aromatic N) is 3. The molecule has 6 heteroatoms. The van der Waals surface area contributed by atoms with Gasteiger partial charge in [-0.15, -0.1) is 0 Å². The second-order valence-electron chi connectivity index (χ2n) is 4.88. The minimum absolute atomic E-state index is 0.153. The Bertz CT molecular complexity index is 866. The van der Waals surface area contributed by atoms with E-state index < -0.39 is 0 Å². The minimum Gasteiger partial charge on any atom is -0.333 e. The highest BCUT2D eigenvalue weighted by Crippen LogP contribution is 2.22. The number of halogens is 1. The Labute approximate surface area is 126 Å². The van der Waals surface area contributed by atoms with Gasteiger partial charge < -0.3 is 10.3 Å². The fourth-order valence-electron chi connectivity index (χ4n) is 2.40. The van der Waals surface area contributed by atoms with Crippen molar-refractivity contribution >= 4 is 17.2 Å². The summed E-state index contributed by atoms with van der Waals surface area (Å²) in [5, 5.41) is 5.02.